The molecule has 0 fully saturated rings. The Morgan fingerprint density at radius 3 is 2.65 bits per heavy atom. The maximum atomic E-state index is 11.3. The molecule has 1 rings (SSSR count). The van der Waals surface area contributed by atoms with Gasteiger partial charge in [0.1, 0.15) is 9.84 Å². The van der Waals surface area contributed by atoms with E-state index in [4.69, 9.17) is 5.73 Å². The number of aryl methyl sites for hydroxylation is 1. The summed E-state index contributed by atoms with van der Waals surface area (Å²) in [6.45, 7) is 3.70. The third kappa shape index (κ3) is 4.88. The minimum absolute atomic E-state index is 0.0676. The van der Waals surface area contributed by atoms with Gasteiger partial charge in [-0.3, -0.25) is 0 Å². The Balaban J connectivity index is 2.48. The van der Waals surface area contributed by atoms with Crippen molar-refractivity contribution in [2.45, 2.75) is 32.7 Å². The summed E-state index contributed by atoms with van der Waals surface area (Å²) in [4.78, 5) is 0. The zero-order chi connectivity index (χ0) is 12.9. The quantitative estimate of drug-likeness (QED) is 0.847. The van der Waals surface area contributed by atoms with Gasteiger partial charge in [0.05, 0.1) is 5.75 Å². The van der Waals surface area contributed by atoms with Gasteiger partial charge >= 0.3 is 0 Å². The van der Waals surface area contributed by atoms with Crippen LogP contribution in [0, 0.1) is 6.92 Å². The molecule has 0 spiro atoms. The first kappa shape index (κ1) is 14.2. The minimum Gasteiger partial charge on any atom is -0.324 e. The lowest BCUT2D eigenvalue weighted by Crippen LogP contribution is -2.14. The van der Waals surface area contributed by atoms with Crippen molar-refractivity contribution in [3.05, 3.63) is 35.4 Å². The first-order valence-corrected chi connectivity index (χ1v) is 7.79. The van der Waals surface area contributed by atoms with Crippen LogP contribution in [-0.4, -0.2) is 19.9 Å². The zero-order valence-corrected chi connectivity index (χ0v) is 11.3. The second-order valence-electron chi connectivity index (χ2n) is 4.40. The van der Waals surface area contributed by atoms with E-state index in [0.29, 0.717) is 12.8 Å². The highest BCUT2D eigenvalue weighted by Gasteiger charge is 2.10. The first-order chi connectivity index (χ1) is 7.94. The zero-order valence-electron chi connectivity index (χ0n) is 10.5. The van der Waals surface area contributed by atoms with E-state index in [0.717, 1.165) is 5.56 Å². The SMILES string of the molecule is CCS(=O)(=O)CCCC(N)c1cccc(C)c1. The van der Waals surface area contributed by atoms with Gasteiger partial charge in [-0.25, -0.2) is 8.42 Å². The van der Waals surface area contributed by atoms with Crippen LogP contribution < -0.4 is 5.73 Å². The molecule has 0 amide bonds. The summed E-state index contributed by atoms with van der Waals surface area (Å²) in [5.41, 5.74) is 8.30. The lowest BCUT2D eigenvalue weighted by molar-refractivity contribution is 0.584. The van der Waals surface area contributed by atoms with Gasteiger partial charge in [0.15, 0.2) is 0 Å². The fourth-order valence-corrected chi connectivity index (χ4v) is 2.63. The third-order valence-electron chi connectivity index (χ3n) is 2.88. The second-order valence-corrected chi connectivity index (χ2v) is 6.87. The molecule has 0 radical (unpaired) electrons. The molecule has 3 nitrogen and oxygen atoms in total. The highest BCUT2D eigenvalue weighted by Crippen LogP contribution is 2.17. The van der Waals surface area contributed by atoms with Crippen molar-refractivity contribution in [1.29, 1.82) is 0 Å². The van der Waals surface area contributed by atoms with E-state index in [-0.39, 0.29) is 17.5 Å². The van der Waals surface area contributed by atoms with Gasteiger partial charge in [-0.15, -0.1) is 0 Å². The molecule has 0 aliphatic carbocycles. The van der Waals surface area contributed by atoms with Crippen molar-refractivity contribution in [3.63, 3.8) is 0 Å². The Morgan fingerprint density at radius 2 is 2.06 bits per heavy atom. The Bertz CT molecular complexity index is 454. The van der Waals surface area contributed by atoms with Crippen LogP contribution in [0.5, 0.6) is 0 Å². The van der Waals surface area contributed by atoms with Gasteiger partial charge in [0.2, 0.25) is 0 Å². The fraction of sp³-hybridized carbons (Fsp3) is 0.538. The predicted molar refractivity (Wildman–Crippen MR) is 71.7 cm³/mol. The van der Waals surface area contributed by atoms with Crippen molar-refractivity contribution in [2.75, 3.05) is 11.5 Å². The maximum absolute atomic E-state index is 11.3. The molecule has 17 heavy (non-hydrogen) atoms. The monoisotopic (exact) mass is 255 g/mol. The van der Waals surface area contributed by atoms with E-state index in [1.54, 1.807) is 6.92 Å². The number of hydrogen-bond donors (Lipinski definition) is 1. The molecule has 0 aromatic heterocycles. The Labute approximate surface area is 104 Å². The van der Waals surface area contributed by atoms with Crippen molar-refractivity contribution in [1.82, 2.24) is 0 Å². The fourth-order valence-electron chi connectivity index (χ4n) is 1.73. The van der Waals surface area contributed by atoms with Crippen LogP contribution >= 0.6 is 0 Å². The Hall–Kier alpha value is -0.870. The number of hydrogen-bond acceptors (Lipinski definition) is 3. The van der Waals surface area contributed by atoms with Crippen molar-refractivity contribution in [3.8, 4) is 0 Å². The molecule has 1 unspecified atom stereocenters. The van der Waals surface area contributed by atoms with Gasteiger partial charge < -0.3 is 5.73 Å². The molecule has 1 aromatic rings. The topological polar surface area (TPSA) is 60.2 Å². The number of sulfone groups is 1. The van der Waals surface area contributed by atoms with Crippen molar-refractivity contribution < 1.29 is 8.42 Å². The highest BCUT2D eigenvalue weighted by molar-refractivity contribution is 7.91. The lowest BCUT2D eigenvalue weighted by Gasteiger charge is -2.12. The molecule has 0 saturated heterocycles. The van der Waals surface area contributed by atoms with Gasteiger partial charge in [-0.1, -0.05) is 36.8 Å². The van der Waals surface area contributed by atoms with Crippen LogP contribution in [0.4, 0.5) is 0 Å². The van der Waals surface area contributed by atoms with Gasteiger partial charge in [-0.2, -0.15) is 0 Å². The van der Waals surface area contributed by atoms with Crippen LogP contribution in [0.25, 0.3) is 0 Å². The van der Waals surface area contributed by atoms with Crippen molar-refractivity contribution in [2.24, 2.45) is 5.73 Å². The van der Waals surface area contributed by atoms with E-state index in [1.165, 1.54) is 5.56 Å². The second kappa shape index (κ2) is 6.17. The standard InChI is InChI=1S/C13H21NO2S/c1-3-17(15,16)9-5-8-13(14)12-7-4-6-11(2)10-12/h4,6-7,10,13H,3,5,8-9,14H2,1-2H3. The average molecular weight is 255 g/mol. The van der Waals surface area contributed by atoms with E-state index in [9.17, 15) is 8.42 Å². The van der Waals surface area contributed by atoms with Gasteiger partial charge in [0, 0.05) is 11.8 Å². The molecule has 2 N–H and O–H groups in total. The molecule has 0 aliphatic heterocycles. The molecule has 0 heterocycles. The molecule has 0 saturated carbocycles. The molecular weight excluding hydrogens is 234 g/mol. The number of benzene rings is 1. The van der Waals surface area contributed by atoms with E-state index in [1.807, 2.05) is 25.1 Å². The Morgan fingerprint density at radius 1 is 1.35 bits per heavy atom. The normalized spacial score (nSPS) is 13.6. The van der Waals surface area contributed by atoms with Crippen LogP contribution in [0.15, 0.2) is 24.3 Å². The van der Waals surface area contributed by atoms with Crippen LogP contribution in [0.1, 0.15) is 36.9 Å². The summed E-state index contributed by atoms with van der Waals surface area (Å²) in [5, 5.41) is 0. The van der Waals surface area contributed by atoms with Crippen LogP contribution in [0.2, 0.25) is 0 Å². The van der Waals surface area contributed by atoms with Gasteiger partial charge in [0.25, 0.3) is 0 Å². The predicted octanol–water partition coefficient (Wildman–Crippen LogP) is 2.21. The van der Waals surface area contributed by atoms with Crippen LogP contribution in [0.3, 0.4) is 0 Å². The molecule has 4 heteroatoms. The first-order valence-electron chi connectivity index (χ1n) is 5.97. The summed E-state index contributed by atoms with van der Waals surface area (Å²) in [6, 6.07) is 7.98. The molecule has 1 atom stereocenters. The van der Waals surface area contributed by atoms with Crippen molar-refractivity contribution >= 4 is 9.84 Å². The number of rotatable bonds is 6. The summed E-state index contributed by atoms with van der Waals surface area (Å²) >= 11 is 0. The summed E-state index contributed by atoms with van der Waals surface area (Å²) < 4.78 is 22.7. The molecule has 1 aromatic carbocycles. The largest absolute Gasteiger partial charge is 0.324 e. The summed E-state index contributed by atoms with van der Waals surface area (Å²) in [7, 11) is -2.86. The van der Waals surface area contributed by atoms with E-state index in [2.05, 4.69) is 6.07 Å². The summed E-state index contributed by atoms with van der Waals surface area (Å²) in [5.74, 6) is 0.454. The van der Waals surface area contributed by atoms with E-state index >= 15 is 0 Å². The van der Waals surface area contributed by atoms with Crippen LogP contribution in [-0.2, 0) is 9.84 Å². The van der Waals surface area contributed by atoms with Gasteiger partial charge in [-0.05, 0) is 25.3 Å². The smallest absolute Gasteiger partial charge is 0.150 e. The molecule has 0 bridgehead atoms. The average Bonchev–Trinajstić information content (AvgIpc) is 2.28. The summed E-state index contributed by atoms with van der Waals surface area (Å²) in [6.07, 6.45) is 1.34. The molecular formula is C13H21NO2S. The third-order valence-corrected chi connectivity index (χ3v) is 4.67. The highest BCUT2D eigenvalue weighted by atomic mass is 32.2. The Kier molecular flexibility index (Phi) is 5.15. The maximum Gasteiger partial charge on any atom is 0.150 e. The lowest BCUT2D eigenvalue weighted by atomic mass is 10.0. The van der Waals surface area contributed by atoms with E-state index < -0.39 is 9.84 Å². The molecule has 0 aliphatic rings. The minimum atomic E-state index is -2.86. The number of nitrogens with two attached hydrogens (primary N) is 1. The molecule has 96 valence electrons.